The third-order valence-electron chi connectivity index (χ3n) is 6.81. The zero-order valence-electron chi connectivity index (χ0n) is 17.9. The van der Waals surface area contributed by atoms with Crippen molar-refractivity contribution in [3.05, 3.63) is 0 Å². The number of nitrogens with one attached hydrogen (secondary N) is 2. The molecule has 0 aromatic heterocycles. The molecule has 5 nitrogen and oxygen atoms in total. The van der Waals surface area contributed by atoms with Gasteiger partial charge < -0.3 is 20.3 Å². The van der Waals surface area contributed by atoms with Gasteiger partial charge in [0.05, 0.1) is 0 Å². The Morgan fingerprint density at radius 1 is 1.11 bits per heavy atom. The van der Waals surface area contributed by atoms with Crippen molar-refractivity contribution in [3.8, 4) is 0 Å². The first-order valence-electron chi connectivity index (χ1n) is 11.1. The van der Waals surface area contributed by atoms with Gasteiger partial charge in [-0.3, -0.25) is 4.99 Å². The van der Waals surface area contributed by atoms with E-state index in [0.717, 1.165) is 44.5 Å². The summed E-state index contributed by atoms with van der Waals surface area (Å²) in [6, 6.07) is 0.554. The normalized spacial score (nSPS) is 25.1. The Morgan fingerprint density at radius 3 is 2.39 bits per heavy atom. The minimum absolute atomic E-state index is 0. The molecule has 1 aliphatic carbocycles. The van der Waals surface area contributed by atoms with Crippen LogP contribution < -0.4 is 10.6 Å². The number of aliphatic imine (C=N–C) groups is 1. The first-order valence-corrected chi connectivity index (χ1v) is 12.3. The van der Waals surface area contributed by atoms with Crippen LogP contribution in [0.25, 0.3) is 0 Å². The molecule has 0 aromatic carbocycles. The fraction of sp³-hybridized carbons (Fsp3) is 0.952. The average Bonchev–Trinajstić information content (AvgIpc) is 2.74. The first kappa shape index (κ1) is 24.5. The number of rotatable bonds is 6. The monoisotopic (exact) mass is 524 g/mol. The second-order valence-corrected chi connectivity index (χ2v) is 9.92. The van der Waals surface area contributed by atoms with Crippen molar-refractivity contribution >= 4 is 41.7 Å². The lowest BCUT2D eigenvalue weighted by atomic mass is 9.88. The van der Waals surface area contributed by atoms with Gasteiger partial charge in [-0.1, -0.05) is 19.3 Å². The topological polar surface area (TPSA) is 48.9 Å². The SMILES string of the molecule is CN=C(NCC1(SC)CCOCC1)NC1CCN(CC2CCCCC2)CC1.I. The van der Waals surface area contributed by atoms with Crippen LogP contribution in [0.1, 0.15) is 57.8 Å². The largest absolute Gasteiger partial charge is 0.381 e. The summed E-state index contributed by atoms with van der Waals surface area (Å²) in [7, 11) is 1.89. The van der Waals surface area contributed by atoms with Crippen LogP contribution in [0.5, 0.6) is 0 Å². The van der Waals surface area contributed by atoms with Crippen molar-refractivity contribution in [3.63, 3.8) is 0 Å². The van der Waals surface area contributed by atoms with E-state index in [9.17, 15) is 0 Å². The summed E-state index contributed by atoms with van der Waals surface area (Å²) in [5.41, 5.74) is 0. The van der Waals surface area contributed by atoms with E-state index >= 15 is 0 Å². The molecular formula is C21H41IN4OS. The summed E-state index contributed by atoms with van der Waals surface area (Å²) in [5.74, 6) is 1.93. The van der Waals surface area contributed by atoms with E-state index in [2.05, 4.69) is 26.8 Å². The van der Waals surface area contributed by atoms with E-state index in [4.69, 9.17) is 4.74 Å². The predicted octanol–water partition coefficient (Wildman–Crippen LogP) is 3.73. The number of guanidine groups is 1. The molecule has 0 bridgehead atoms. The Hall–Kier alpha value is 0.270. The number of piperidine rings is 1. The lowest BCUT2D eigenvalue weighted by Gasteiger charge is -2.37. The third kappa shape index (κ3) is 7.51. The average molecular weight is 525 g/mol. The summed E-state index contributed by atoms with van der Waals surface area (Å²) in [5, 5.41) is 7.29. The van der Waals surface area contributed by atoms with Crippen LogP contribution in [0.3, 0.4) is 0 Å². The molecule has 3 rings (SSSR count). The predicted molar refractivity (Wildman–Crippen MR) is 132 cm³/mol. The summed E-state index contributed by atoms with van der Waals surface area (Å²) < 4.78 is 5.84. The molecule has 0 amide bonds. The van der Waals surface area contributed by atoms with Crippen LogP contribution in [-0.4, -0.2) is 74.3 Å². The molecule has 1 saturated carbocycles. The maximum atomic E-state index is 5.55. The molecule has 7 heteroatoms. The van der Waals surface area contributed by atoms with Crippen molar-refractivity contribution in [2.75, 3.05) is 52.7 Å². The van der Waals surface area contributed by atoms with Gasteiger partial charge in [0.2, 0.25) is 0 Å². The molecule has 3 fully saturated rings. The smallest absolute Gasteiger partial charge is 0.191 e. The number of nitrogens with zero attached hydrogens (tertiary/aromatic N) is 2. The molecule has 2 aliphatic heterocycles. The molecule has 2 heterocycles. The van der Waals surface area contributed by atoms with E-state index in [1.54, 1.807) is 0 Å². The standard InChI is InChI=1S/C21H40N4OS.HI/c1-22-20(23-17-21(27-2)10-14-26-15-11-21)24-19-8-12-25(13-9-19)16-18-6-4-3-5-7-18;/h18-19H,3-17H2,1-2H3,(H2,22,23,24);1H. The zero-order chi connectivity index (χ0) is 19.0. The highest BCUT2D eigenvalue weighted by atomic mass is 127. The molecule has 164 valence electrons. The second-order valence-electron chi connectivity index (χ2n) is 8.65. The quantitative estimate of drug-likeness (QED) is 0.315. The van der Waals surface area contributed by atoms with Crippen molar-refractivity contribution in [1.29, 1.82) is 0 Å². The number of thioether (sulfide) groups is 1. The molecule has 0 spiro atoms. The number of hydrogen-bond donors (Lipinski definition) is 2. The molecule has 0 radical (unpaired) electrons. The fourth-order valence-corrected chi connectivity index (χ4v) is 5.62. The molecule has 0 aromatic rings. The maximum absolute atomic E-state index is 5.55. The van der Waals surface area contributed by atoms with E-state index in [1.165, 1.54) is 64.6 Å². The highest BCUT2D eigenvalue weighted by Gasteiger charge is 2.32. The molecule has 2 N–H and O–H groups in total. The zero-order valence-corrected chi connectivity index (χ0v) is 21.0. The minimum atomic E-state index is 0. The number of likely N-dealkylation sites (tertiary alicyclic amines) is 1. The lowest BCUT2D eigenvalue weighted by Crippen LogP contribution is -2.52. The fourth-order valence-electron chi connectivity index (χ4n) is 4.82. The van der Waals surface area contributed by atoms with Gasteiger partial charge in [0.1, 0.15) is 0 Å². The summed E-state index contributed by atoms with van der Waals surface area (Å²) in [4.78, 5) is 7.19. The highest BCUT2D eigenvalue weighted by Crippen LogP contribution is 2.33. The van der Waals surface area contributed by atoms with E-state index in [0.29, 0.717) is 10.8 Å². The minimum Gasteiger partial charge on any atom is -0.381 e. The van der Waals surface area contributed by atoms with Gasteiger partial charge in [-0.15, -0.1) is 24.0 Å². The molecule has 2 saturated heterocycles. The van der Waals surface area contributed by atoms with Crippen LogP contribution in [-0.2, 0) is 4.74 Å². The van der Waals surface area contributed by atoms with Crippen LogP contribution >= 0.6 is 35.7 Å². The van der Waals surface area contributed by atoms with Gasteiger partial charge >= 0.3 is 0 Å². The van der Waals surface area contributed by atoms with Crippen molar-refractivity contribution < 1.29 is 4.74 Å². The Labute approximate surface area is 193 Å². The van der Waals surface area contributed by atoms with Crippen molar-refractivity contribution in [2.24, 2.45) is 10.9 Å². The molecule has 0 atom stereocenters. The van der Waals surface area contributed by atoms with E-state index in [-0.39, 0.29) is 24.0 Å². The Morgan fingerprint density at radius 2 is 1.79 bits per heavy atom. The van der Waals surface area contributed by atoms with Crippen LogP contribution in [0, 0.1) is 5.92 Å². The van der Waals surface area contributed by atoms with Gasteiger partial charge in [-0.2, -0.15) is 11.8 Å². The number of halogens is 1. The van der Waals surface area contributed by atoms with Crippen molar-refractivity contribution in [2.45, 2.75) is 68.6 Å². The molecule has 0 unspecified atom stereocenters. The van der Waals surface area contributed by atoms with Gasteiger partial charge in [0, 0.05) is 57.2 Å². The molecule has 28 heavy (non-hydrogen) atoms. The van der Waals surface area contributed by atoms with E-state index in [1.807, 2.05) is 18.8 Å². The maximum Gasteiger partial charge on any atom is 0.191 e. The summed E-state index contributed by atoms with van der Waals surface area (Å²) >= 11 is 1.98. The Balaban J connectivity index is 0.00000280. The number of ether oxygens (including phenoxy) is 1. The summed E-state index contributed by atoms with van der Waals surface area (Å²) in [6.45, 7) is 6.53. The van der Waals surface area contributed by atoms with Gasteiger partial charge in [-0.05, 0) is 50.7 Å². The van der Waals surface area contributed by atoms with Crippen LogP contribution in [0.15, 0.2) is 4.99 Å². The van der Waals surface area contributed by atoms with Crippen LogP contribution in [0.2, 0.25) is 0 Å². The highest BCUT2D eigenvalue weighted by molar-refractivity contribution is 14.0. The second kappa shape index (κ2) is 12.8. The molecule has 3 aliphatic rings. The van der Waals surface area contributed by atoms with Crippen LogP contribution in [0.4, 0.5) is 0 Å². The first-order chi connectivity index (χ1) is 13.2. The van der Waals surface area contributed by atoms with Gasteiger partial charge in [0.15, 0.2) is 5.96 Å². The Bertz CT molecular complexity index is 459. The lowest BCUT2D eigenvalue weighted by molar-refractivity contribution is 0.0782. The number of hydrogen-bond acceptors (Lipinski definition) is 4. The van der Waals surface area contributed by atoms with Gasteiger partial charge in [0.25, 0.3) is 0 Å². The Kier molecular flexibility index (Phi) is 11.3. The van der Waals surface area contributed by atoms with Gasteiger partial charge in [-0.25, -0.2) is 0 Å². The third-order valence-corrected chi connectivity index (χ3v) is 8.23. The summed E-state index contributed by atoms with van der Waals surface area (Å²) in [6.07, 6.45) is 14.2. The van der Waals surface area contributed by atoms with E-state index < -0.39 is 0 Å². The molecular weight excluding hydrogens is 483 g/mol. The van der Waals surface area contributed by atoms with Crippen molar-refractivity contribution in [1.82, 2.24) is 15.5 Å².